The number of hydrogen-bond acceptors (Lipinski definition) is 5. The lowest BCUT2D eigenvalue weighted by Gasteiger charge is -2.35. The molecule has 0 unspecified atom stereocenters. The van der Waals surface area contributed by atoms with Gasteiger partial charge in [-0.25, -0.2) is 4.79 Å². The Balaban J connectivity index is 2.35. The smallest absolute Gasteiger partial charge is 0.338 e. The van der Waals surface area contributed by atoms with E-state index in [9.17, 15) is 14.9 Å². The second kappa shape index (κ2) is 8.33. The number of carbonyl (C=O) groups excluding carboxylic acids is 1. The molecule has 0 saturated carbocycles. The fraction of sp³-hybridized carbons (Fsp3) is 0.588. The molecule has 24 heavy (non-hydrogen) atoms. The van der Waals surface area contributed by atoms with E-state index >= 15 is 0 Å². The molecule has 0 radical (unpaired) electrons. The van der Waals surface area contributed by atoms with Crippen LogP contribution in [0.1, 0.15) is 56.3 Å². The van der Waals surface area contributed by atoms with Crippen LogP contribution < -0.4 is 4.90 Å². The summed E-state index contributed by atoms with van der Waals surface area (Å²) in [5.41, 5.74) is 0.383. The summed E-state index contributed by atoms with van der Waals surface area (Å²) in [7, 11) is 0. The van der Waals surface area contributed by atoms with E-state index in [0.29, 0.717) is 12.3 Å². The van der Waals surface area contributed by atoms with Crippen LogP contribution in [0.4, 0.5) is 11.4 Å². The van der Waals surface area contributed by atoms with Gasteiger partial charge in [0, 0.05) is 18.7 Å². The summed E-state index contributed by atoms with van der Waals surface area (Å²) in [6, 6.07) is 2.92. The lowest BCUT2D eigenvalue weighted by atomic mass is 10.0. The van der Waals surface area contributed by atoms with E-state index in [1.807, 2.05) is 18.7 Å². The van der Waals surface area contributed by atoms with Crippen LogP contribution in [0.2, 0.25) is 5.02 Å². The molecule has 1 atom stereocenters. The molecule has 0 amide bonds. The maximum atomic E-state index is 12.1. The molecular formula is C17H23ClN2O4. The Hall–Kier alpha value is -1.82. The first-order valence-electron chi connectivity index (χ1n) is 8.37. The molecular weight excluding hydrogens is 332 g/mol. The van der Waals surface area contributed by atoms with Crippen molar-refractivity contribution in [2.24, 2.45) is 0 Å². The van der Waals surface area contributed by atoms with Crippen molar-refractivity contribution in [1.29, 1.82) is 0 Å². The molecule has 1 aliphatic heterocycles. The first kappa shape index (κ1) is 18.5. The molecule has 0 aromatic heterocycles. The Kier molecular flexibility index (Phi) is 6.43. The molecule has 2 rings (SSSR count). The zero-order valence-electron chi connectivity index (χ0n) is 14.1. The van der Waals surface area contributed by atoms with Gasteiger partial charge >= 0.3 is 5.97 Å². The maximum Gasteiger partial charge on any atom is 0.338 e. The highest BCUT2D eigenvalue weighted by Gasteiger charge is 2.30. The summed E-state index contributed by atoms with van der Waals surface area (Å²) in [4.78, 5) is 25.1. The molecule has 0 bridgehead atoms. The van der Waals surface area contributed by atoms with Crippen molar-refractivity contribution < 1.29 is 14.5 Å². The number of ether oxygens (including phenoxy) is 1. The van der Waals surface area contributed by atoms with Crippen LogP contribution >= 0.6 is 11.6 Å². The fourth-order valence-corrected chi connectivity index (χ4v) is 3.27. The van der Waals surface area contributed by atoms with E-state index in [4.69, 9.17) is 16.3 Å². The number of piperidine rings is 1. The van der Waals surface area contributed by atoms with Crippen molar-refractivity contribution in [3.8, 4) is 0 Å². The van der Waals surface area contributed by atoms with Gasteiger partial charge in [-0.2, -0.15) is 0 Å². The lowest BCUT2D eigenvalue weighted by molar-refractivity contribution is -0.384. The van der Waals surface area contributed by atoms with Gasteiger partial charge in [0.05, 0.1) is 22.1 Å². The van der Waals surface area contributed by atoms with Gasteiger partial charge in [-0.1, -0.05) is 24.9 Å². The summed E-state index contributed by atoms with van der Waals surface area (Å²) in [6.45, 7) is 5.05. The van der Waals surface area contributed by atoms with Gasteiger partial charge < -0.3 is 9.64 Å². The van der Waals surface area contributed by atoms with E-state index in [0.717, 1.165) is 38.6 Å². The third-order valence-corrected chi connectivity index (χ3v) is 4.59. The van der Waals surface area contributed by atoms with Gasteiger partial charge in [0.15, 0.2) is 0 Å². The third kappa shape index (κ3) is 4.17. The van der Waals surface area contributed by atoms with Crippen LogP contribution in [-0.2, 0) is 4.74 Å². The van der Waals surface area contributed by atoms with Gasteiger partial charge in [-0.3, -0.25) is 10.1 Å². The Morgan fingerprint density at radius 3 is 2.83 bits per heavy atom. The Morgan fingerprint density at radius 2 is 2.21 bits per heavy atom. The van der Waals surface area contributed by atoms with Gasteiger partial charge in [-0.15, -0.1) is 0 Å². The van der Waals surface area contributed by atoms with Crippen LogP contribution in [0, 0.1) is 10.1 Å². The molecule has 0 N–H and O–H groups in total. The van der Waals surface area contributed by atoms with Gasteiger partial charge in [0.1, 0.15) is 5.69 Å². The van der Waals surface area contributed by atoms with Gasteiger partial charge in [0.2, 0.25) is 0 Å². The minimum Gasteiger partial charge on any atom is -0.462 e. The molecule has 7 heteroatoms. The standard InChI is InChI=1S/C17H23ClN2O4/c1-3-4-9-24-17(21)13-10-14(18)16(15(11-13)20(22)23)19-8-6-5-7-12(19)2/h10-12H,3-9H2,1-2H3/t12-/m1/s1. The number of benzene rings is 1. The number of nitrogens with zero attached hydrogens (tertiary/aromatic N) is 2. The molecule has 1 aromatic rings. The third-order valence-electron chi connectivity index (χ3n) is 4.30. The average Bonchev–Trinajstić information content (AvgIpc) is 2.55. The minimum atomic E-state index is -0.577. The van der Waals surface area contributed by atoms with E-state index < -0.39 is 10.9 Å². The van der Waals surface area contributed by atoms with Crippen molar-refractivity contribution in [3.63, 3.8) is 0 Å². The molecule has 1 fully saturated rings. The number of carbonyl (C=O) groups is 1. The average molecular weight is 355 g/mol. The van der Waals surface area contributed by atoms with Crippen molar-refractivity contribution in [1.82, 2.24) is 0 Å². The number of esters is 1. The first-order chi connectivity index (χ1) is 11.5. The van der Waals surface area contributed by atoms with E-state index in [1.54, 1.807) is 0 Å². The summed E-state index contributed by atoms with van der Waals surface area (Å²) in [5.74, 6) is -0.577. The summed E-state index contributed by atoms with van der Waals surface area (Å²) < 4.78 is 5.13. The topological polar surface area (TPSA) is 72.7 Å². The minimum absolute atomic E-state index is 0.121. The van der Waals surface area contributed by atoms with Crippen LogP contribution in [-0.4, -0.2) is 30.1 Å². The van der Waals surface area contributed by atoms with Crippen molar-refractivity contribution >= 4 is 28.9 Å². The van der Waals surface area contributed by atoms with E-state index in [-0.39, 0.29) is 22.3 Å². The van der Waals surface area contributed by atoms with Crippen molar-refractivity contribution in [2.45, 2.75) is 52.0 Å². The van der Waals surface area contributed by atoms with Crippen molar-refractivity contribution in [3.05, 3.63) is 32.8 Å². The van der Waals surface area contributed by atoms with Crippen LogP contribution in [0.5, 0.6) is 0 Å². The number of halogens is 1. The van der Waals surface area contributed by atoms with Gasteiger partial charge in [0.25, 0.3) is 5.69 Å². The molecule has 6 nitrogen and oxygen atoms in total. The zero-order valence-corrected chi connectivity index (χ0v) is 14.8. The highest BCUT2D eigenvalue weighted by Crippen LogP contribution is 2.40. The number of anilines is 1. The number of unbranched alkanes of at least 4 members (excludes halogenated alkanes) is 1. The summed E-state index contributed by atoms with van der Waals surface area (Å²) >= 11 is 6.33. The Labute approximate surface area is 146 Å². The molecule has 0 spiro atoms. The molecule has 1 saturated heterocycles. The second-order valence-electron chi connectivity index (χ2n) is 6.11. The van der Waals surface area contributed by atoms with Crippen molar-refractivity contribution in [2.75, 3.05) is 18.1 Å². The van der Waals surface area contributed by atoms with E-state index in [1.165, 1.54) is 12.1 Å². The summed E-state index contributed by atoms with van der Waals surface area (Å²) in [5, 5.41) is 11.7. The lowest BCUT2D eigenvalue weighted by Crippen LogP contribution is -2.38. The predicted octanol–water partition coefficient (Wildman–Crippen LogP) is 4.58. The molecule has 132 valence electrons. The maximum absolute atomic E-state index is 12.1. The number of nitro groups is 1. The fourth-order valence-electron chi connectivity index (χ4n) is 2.95. The SMILES string of the molecule is CCCCOC(=O)c1cc(Cl)c(N2CCCC[C@H]2C)c([N+](=O)[O-])c1. The zero-order chi connectivity index (χ0) is 17.7. The Bertz CT molecular complexity index is 621. The quantitative estimate of drug-likeness (QED) is 0.323. The normalized spacial score (nSPS) is 17.6. The molecule has 0 aliphatic carbocycles. The second-order valence-corrected chi connectivity index (χ2v) is 6.52. The van der Waals surface area contributed by atoms with Crippen LogP contribution in [0.25, 0.3) is 0 Å². The number of nitro benzene ring substituents is 1. The monoisotopic (exact) mass is 354 g/mol. The predicted molar refractivity (Wildman–Crippen MR) is 94.0 cm³/mol. The molecule has 1 aliphatic rings. The van der Waals surface area contributed by atoms with Crippen LogP contribution in [0.15, 0.2) is 12.1 Å². The summed E-state index contributed by atoms with van der Waals surface area (Å²) in [6.07, 6.45) is 4.70. The van der Waals surface area contributed by atoms with Gasteiger partial charge in [-0.05, 0) is 38.7 Å². The highest BCUT2D eigenvalue weighted by atomic mass is 35.5. The number of hydrogen-bond donors (Lipinski definition) is 0. The molecule has 1 heterocycles. The first-order valence-corrected chi connectivity index (χ1v) is 8.75. The molecule has 1 aromatic carbocycles. The van der Waals surface area contributed by atoms with E-state index in [2.05, 4.69) is 0 Å². The Morgan fingerprint density at radius 1 is 1.46 bits per heavy atom. The largest absolute Gasteiger partial charge is 0.462 e. The van der Waals surface area contributed by atoms with Crippen LogP contribution in [0.3, 0.4) is 0 Å². The highest BCUT2D eigenvalue weighted by molar-refractivity contribution is 6.34. The number of rotatable bonds is 6.